The summed E-state index contributed by atoms with van der Waals surface area (Å²) in [5.74, 6) is 0. The van der Waals surface area contributed by atoms with E-state index in [-0.39, 0.29) is 5.41 Å². The van der Waals surface area contributed by atoms with Crippen LogP contribution in [0, 0.1) is 0 Å². The van der Waals surface area contributed by atoms with Crippen LogP contribution < -0.4 is 4.90 Å². The summed E-state index contributed by atoms with van der Waals surface area (Å²) < 4.78 is 0. The Kier molecular flexibility index (Phi) is 10.1. The summed E-state index contributed by atoms with van der Waals surface area (Å²) in [4.78, 5) is 2.52. The molecule has 0 aliphatic heterocycles. The predicted molar refractivity (Wildman–Crippen MR) is 298 cm³/mol. The molecule has 0 unspecified atom stereocenters. The van der Waals surface area contributed by atoms with Gasteiger partial charge in [-0.1, -0.05) is 250 Å². The SMILES string of the molecule is CC1(C)c2cc(-c3ccccc3-c3ccccc3)ccc2-c2ccc(N(c3ccc4c(c3)C(c3ccccc3)(c3ccccc3)c3ccccc3-4)c3ccccc3-c3ccc(-c4ccccc4)cc3)cc21. The smallest absolute Gasteiger partial charge is 0.0714 e. The van der Waals surface area contributed by atoms with Crippen LogP contribution in [0.5, 0.6) is 0 Å². The maximum Gasteiger partial charge on any atom is 0.0714 e. The highest BCUT2D eigenvalue weighted by molar-refractivity contribution is 5.95. The summed E-state index contributed by atoms with van der Waals surface area (Å²) in [6, 6.07) is 101. The van der Waals surface area contributed by atoms with E-state index in [9.17, 15) is 0 Å². The molecule has 0 saturated heterocycles. The Labute approximate surface area is 417 Å². The Hall–Kier alpha value is -8.78. The Morgan fingerprint density at radius 2 is 0.634 bits per heavy atom. The Morgan fingerprint density at radius 3 is 1.25 bits per heavy atom. The third-order valence-corrected chi connectivity index (χ3v) is 15.4. The van der Waals surface area contributed by atoms with Crippen molar-refractivity contribution in [1.29, 1.82) is 0 Å². The normalized spacial score (nSPS) is 13.4. The number of benzene rings is 11. The summed E-state index contributed by atoms with van der Waals surface area (Å²) >= 11 is 0. The van der Waals surface area contributed by atoms with Crippen molar-refractivity contribution in [2.75, 3.05) is 4.90 Å². The average molecular weight is 906 g/mol. The molecule has 0 fully saturated rings. The van der Waals surface area contributed by atoms with Gasteiger partial charge in [0.05, 0.1) is 11.1 Å². The van der Waals surface area contributed by atoms with Gasteiger partial charge in [-0.05, 0) is 131 Å². The third kappa shape index (κ3) is 6.84. The molecule has 0 N–H and O–H groups in total. The van der Waals surface area contributed by atoms with Crippen LogP contribution in [0.15, 0.2) is 273 Å². The van der Waals surface area contributed by atoms with Gasteiger partial charge >= 0.3 is 0 Å². The van der Waals surface area contributed by atoms with Crippen molar-refractivity contribution >= 4 is 17.1 Å². The maximum absolute atomic E-state index is 2.52. The highest BCUT2D eigenvalue weighted by atomic mass is 15.1. The summed E-state index contributed by atoms with van der Waals surface area (Å²) in [7, 11) is 0. The van der Waals surface area contributed by atoms with E-state index in [0.29, 0.717) is 0 Å². The molecule has 0 bridgehead atoms. The topological polar surface area (TPSA) is 3.24 Å². The molecule has 2 aliphatic rings. The highest BCUT2D eigenvalue weighted by Crippen LogP contribution is 2.58. The second-order valence-corrected chi connectivity index (χ2v) is 19.6. The van der Waals surface area contributed by atoms with Crippen LogP contribution in [0.1, 0.15) is 47.2 Å². The average Bonchev–Trinajstić information content (AvgIpc) is 3.86. The Bertz CT molecular complexity index is 3720. The zero-order valence-electron chi connectivity index (χ0n) is 39.9. The van der Waals surface area contributed by atoms with Crippen LogP contribution in [-0.4, -0.2) is 0 Å². The number of rotatable bonds is 9. The molecule has 0 heterocycles. The fourth-order valence-electron chi connectivity index (χ4n) is 12.0. The lowest BCUT2D eigenvalue weighted by Gasteiger charge is -2.35. The van der Waals surface area contributed by atoms with Crippen molar-refractivity contribution in [2.45, 2.75) is 24.7 Å². The van der Waals surface area contributed by atoms with Crippen LogP contribution in [0.25, 0.3) is 66.8 Å². The van der Waals surface area contributed by atoms with E-state index in [1.165, 1.54) is 94.6 Å². The molecule has 0 aromatic heterocycles. The molecule has 336 valence electrons. The molecule has 11 aromatic carbocycles. The Morgan fingerprint density at radius 1 is 0.254 bits per heavy atom. The zero-order chi connectivity index (χ0) is 47.5. The number of para-hydroxylation sites is 1. The molecule has 0 radical (unpaired) electrons. The molecule has 1 heteroatoms. The quantitative estimate of drug-likeness (QED) is 0.139. The largest absolute Gasteiger partial charge is 0.310 e. The van der Waals surface area contributed by atoms with E-state index >= 15 is 0 Å². The molecule has 1 nitrogen and oxygen atoms in total. The number of hydrogen-bond acceptors (Lipinski definition) is 1. The number of anilines is 3. The summed E-state index contributed by atoms with van der Waals surface area (Å²) in [5.41, 5.74) is 25.1. The first-order chi connectivity index (χ1) is 35.0. The van der Waals surface area contributed by atoms with Gasteiger partial charge in [0.25, 0.3) is 0 Å². The molecule has 0 spiro atoms. The minimum atomic E-state index is -0.540. The number of hydrogen-bond donors (Lipinski definition) is 0. The molecule has 0 atom stereocenters. The minimum Gasteiger partial charge on any atom is -0.310 e. The van der Waals surface area contributed by atoms with Gasteiger partial charge in [-0.3, -0.25) is 0 Å². The number of fused-ring (bicyclic) bond motifs is 6. The summed E-state index contributed by atoms with van der Waals surface area (Å²) in [6.45, 7) is 4.81. The molecule has 2 aliphatic carbocycles. The van der Waals surface area contributed by atoms with Gasteiger partial charge in [0.1, 0.15) is 0 Å². The van der Waals surface area contributed by atoms with E-state index in [1.54, 1.807) is 0 Å². The zero-order valence-corrected chi connectivity index (χ0v) is 39.9. The van der Waals surface area contributed by atoms with E-state index < -0.39 is 5.41 Å². The molecule has 13 rings (SSSR count). The Balaban J connectivity index is 1.00. The lowest BCUT2D eigenvalue weighted by molar-refractivity contribution is 0.660. The first-order valence-corrected chi connectivity index (χ1v) is 24.8. The van der Waals surface area contributed by atoms with Crippen molar-refractivity contribution in [3.05, 3.63) is 306 Å². The second-order valence-electron chi connectivity index (χ2n) is 19.6. The summed E-state index contributed by atoms with van der Waals surface area (Å²) in [6.07, 6.45) is 0. The standard InChI is InChI=1S/C70H51N/c1-69(2)65-45-52(58-30-16-15-29-57(58)50-23-9-4-10-24-50)39-42-61(65)62-43-40-55(46-66(62)69)71(68-34-20-18-31-59(68)51-37-35-49(36-38-51)48-21-7-3-8-22-48)56-41-44-63-60-32-17-19-33-64(60)70(67(63)47-56,53-25-11-5-12-26-53)54-27-13-6-14-28-54/h3-47H,1-2H3. The first-order valence-electron chi connectivity index (χ1n) is 24.8. The van der Waals surface area contributed by atoms with Gasteiger partial charge in [-0.15, -0.1) is 0 Å². The van der Waals surface area contributed by atoms with Gasteiger partial charge in [-0.2, -0.15) is 0 Å². The third-order valence-electron chi connectivity index (χ3n) is 15.4. The van der Waals surface area contributed by atoms with Crippen molar-refractivity contribution < 1.29 is 0 Å². The molecule has 11 aromatic rings. The van der Waals surface area contributed by atoms with E-state index in [2.05, 4.69) is 292 Å². The minimum absolute atomic E-state index is 0.272. The van der Waals surface area contributed by atoms with E-state index in [4.69, 9.17) is 0 Å². The monoisotopic (exact) mass is 905 g/mol. The first kappa shape index (κ1) is 42.3. The van der Waals surface area contributed by atoms with Crippen molar-refractivity contribution in [1.82, 2.24) is 0 Å². The second kappa shape index (κ2) is 17.0. The molecule has 0 amide bonds. The van der Waals surface area contributed by atoms with Crippen LogP contribution in [0.3, 0.4) is 0 Å². The fraction of sp³-hybridized carbons (Fsp3) is 0.0571. The van der Waals surface area contributed by atoms with Crippen molar-refractivity contribution in [3.8, 4) is 66.8 Å². The van der Waals surface area contributed by atoms with Crippen LogP contribution in [-0.2, 0) is 10.8 Å². The van der Waals surface area contributed by atoms with Crippen molar-refractivity contribution in [3.63, 3.8) is 0 Å². The van der Waals surface area contributed by atoms with E-state index in [1.807, 2.05) is 0 Å². The van der Waals surface area contributed by atoms with Gasteiger partial charge in [-0.25, -0.2) is 0 Å². The molecule has 71 heavy (non-hydrogen) atoms. The molecular weight excluding hydrogens is 855 g/mol. The summed E-state index contributed by atoms with van der Waals surface area (Å²) in [5, 5.41) is 0. The van der Waals surface area contributed by atoms with Gasteiger partial charge in [0.2, 0.25) is 0 Å². The number of nitrogens with zero attached hydrogens (tertiary/aromatic N) is 1. The van der Waals surface area contributed by atoms with Crippen LogP contribution in [0.2, 0.25) is 0 Å². The predicted octanol–water partition coefficient (Wildman–Crippen LogP) is 18.5. The van der Waals surface area contributed by atoms with Crippen molar-refractivity contribution in [2.24, 2.45) is 0 Å². The fourth-order valence-corrected chi connectivity index (χ4v) is 12.0. The van der Waals surface area contributed by atoms with Gasteiger partial charge < -0.3 is 4.90 Å². The van der Waals surface area contributed by atoms with Gasteiger partial charge in [0, 0.05) is 22.4 Å². The maximum atomic E-state index is 2.52. The van der Waals surface area contributed by atoms with Gasteiger partial charge in [0.15, 0.2) is 0 Å². The van der Waals surface area contributed by atoms with E-state index in [0.717, 1.165) is 22.6 Å². The van der Waals surface area contributed by atoms with Crippen LogP contribution in [0.4, 0.5) is 17.1 Å². The molecular formula is C70H51N. The molecule has 0 saturated carbocycles. The van der Waals surface area contributed by atoms with Crippen LogP contribution >= 0.6 is 0 Å². The lowest BCUT2D eigenvalue weighted by Crippen LogP contribution is -2.28. The highest BCUT2D eigenvalue weighted by Gasteiger charge is 2.46. The lowest BCUT2D eigenvalue weighted by atomic mass is 9.67.